The maximum atomic E-state index is 12.5. The molecule has 3 aromatic rings. The molecule has 0 spiro atoms. The van der Waals surface area contributed by atoms with Gasteiger partial charge in [0.1, 0.15) is 5.65 Å². The van der Waals surface area contributed by atoms with E-state index in [1.54, 1.807) is 28.8 Å². The van der Waals surface area contributed by atoms with E-state index in [1.165, 1.54) is 12.4 Å². The number of halogens is 1. The molecule has 1 N–H and O–H groups in total. The number of nitrogens with zero attached hydrogens (tertiary/aromatic N) is 5. The summed E-state index contributed by atoms with van der Waals surface area (Å²) in [4.78, 5) is 48.8. The fourth-order valence-corrected chi connectivity index (χ4v) is 4.06. The van der Waals surface area contributed by atoms with Crippen molar-refractivity contribution in [2.45, 2.75) is 13.5 Å². The Hall–Kier alpha value is -3.57. The van der Waals surface area contributed by atoms with Crippen LogP contribution in [-0.2, 0) is 6.54 Å². The quantitative estimate of drug-likeness (QED) is 0.515. The van der Waals surface area contributed by atoms with Crippen LogP contribution in [0.2, 0.25) is 5.02 Å². The van der Waals surface area contributed by atoms with Crippen LogP contribution in [0.1, 0.15) is 27.6 Å². The summed E-state index contributed by atoms with van der Waals surface area (Å²) in [6.07, 6.45) is 2.60. The summed E-state index contributed by atoms with van der Waals surface area (Å²) in [5, 5.41) is 15.0. The zero-order valence-electron chi connectivity index (χ0n) is 18.2. The number of anilines is 1. The number of pyridine rings is 1. The highest BCUT2D eigenvalue weighted by molar-refractivity contribution is 7.80. The number of carbonyl (C=O) groups is 2. The van der Waals surface area contributed by atoms with Gasteiger partial charge < -0.3 is 24.3 Å². The second kappa shape index (κ2) is 9.74. The van der Waals surface area contributed by atoms with Crippen molar-refractivity contribution in [2.24, 2.45) is 0 Å². The summed E-state index contributed by atoms with van der Waals surface area (Å²) in [5.41, 5.74) is -0.277. The standard InChI is InChI=1S/C22H21ClN6O4S/c1-2-27-12-16(20(32)33)17(30)15-11-24-21(25-18(15)27)28-7-9-29(10-8-28)22(34)26-19(31)13-3-5-14(23)6-4-13/h3-6,11-12H,2,7-10H2,1H3,(H,32,33)(H,26,31,34)/p-1. The van der Waals surface area contributed by atoms with E-state index in [9.17, 15) is 19.5 Å². The molecular weight excluding hydrogens is 480 g/mol. The van der Waals surface area contributed by atoms with Crippen LogP contribution in [0.5, 0.6) is 0 Å². The van der Waals surface area contributed by atoms with Gasteiger partial charge >= 0.3 is 0 Å². The van der Waals surface area contributed by atoms with Gasteiger partial charge in [0.25, 0.3) is 5.91 Å². The molecule has 0 unspecified atom stereocenters. The number of amides is 1. The topological polar surface area (TPSA) is 123 Å². The van der Waals surface area contributed by atoms with Gasteiger partial charge in [0, 0.05) is 55.7 Å². The third-order valence-corrected chi connectivity index (χ3v) is 6.15. The summed E-state index contributed by atoms with van der Waals surface area (Å²) in [7, 11) is 0. The first-order valence-electron chi connectivity index (χ1n) is 10.5. The van der Waals surface area contributed by atoms with Crippen molar-refractivity contribution in [2.75, 3.05) is 31.1 Å². The number of hydrogen-bond acceptors (Lipinski definition) is 8. The Bertz CT molecular complexity index is 1340. The van der Waals surface area contributed by atoms with Crippen molar-refractivity contribution in [3.8, 4) is 0 Å². The number of fused-ring (bicyclic) bond motifs is 1. The Kier molecular flexibility index (Phi) is 6.75. The van der Waals surface area contributed by atoms with Crippen LogP contribution in [0.3, 0.4) is 0 Å². The van der Waals surface area contributed by atoms with Gasteiger partial charge in [0.05, 0.1) is 16.9 Å². The summed E-state index contributed by atoms with van der Waals surface area (Å²) in [5.74, 6) is -1.42. The molecule has 1 saturated heterocycles. The number of thiocarbonyl (C=S) groups is 1. The number of aromatic carboxylic acids is 1. The minimum atomic E-state index is -1.53. The number of carbonyl (C=O) groups excluding carboxylic acids is 2. The van der Waals surface area contributed by atoms with Gasteiger partial charge in [0.2, 0.25) is 11.4 Å². The monoisotopic (exact) mass is 499 g/mol. The largest absolute Gasteiger partial charge is 0.545 e. The molecule has 4 rings (SSSR count). The number of aromatic nitrogens is 3. The van der Waals surface area contributed by atoms with Crippen LogP contribution in [0.15, 0.2) is 41.5 Å². The number of nitrogens with one attached hydrogen (secondary N) is 1. The van der Waals surface area contributed by atoms with Crippen molar-refractivity contribution in [1.82, 2.24) is 24.8 Å². The van der Waals surface area contributed by atoms with Gasteiger partial charge in [-0.2, -0.15) is 4.98 Å². The SMILES string of the molecule is CCn1cc(C(=O)[O-])c(=O)c2cnc(N3CCN(C(=S)NC(=O)c4ccc(Cl)cc4)CC3)nc21. The summed E-state index contributed by atoms with van der Waals surface area (Å²) in [6, 6.07) is 6.53. The number of piperazine rings is 1. The first kappa shape index (κ1) is 23.6. The van der Waals surface area contributed by atoms with Crippen LogP contribution < -0.4 is 20.8 Å². The average Bonchev–Trinajstić information content (AvgIpc) is 2.84. The lowest BCUT2D eigenvalue weighted by atomic mass is 10.2. The van der Waals surface area contributed by atoms with Crippen molar-refractivity contribution >= 4 is 57.8 Å². The van der Waals surface area contributed by atoms with Crippen molar-refractivity contribution in [3.63, 3.8) is 0 Å². The van der Waals surface area contributed by atoms with Crippen LogP contribution in [0, 0.1) is 0 Å². The van der Waals surface area contributed by atoms with Gasteiger partial charge in [-0.1, -0.05) is 11.6 Å². The molecule has 12 heteroatoms. The van der Waals surface area contributed by atoms with Gasteiger partial charge in [0.15, 0.2) is 5.11 Å². The van der Waals surface area contributed by atoms with E-state index in [1.807, 2.05) is 16.7 Å². The van der Waals surface area contributed by atoms with Crippen LogP contribution in [-0.4, -0.2) is 62.6 Å². The van der Waals surface area contributed by atoms with Crippen LogP contribution in [0.4, 0.5) is 5.95 Å². The highest BCUT2D eigenvalue weighted by Crippen LogP contribution is 2.16. The third kappa shape index (κ3) is 4.70. The van der Waals surface area contributed by atoms with Gasteiger partial charge in [-0.3, -0.25) is 14.9 Å². The zero-order chi connectivity index (χ0) is 24.4. The molecule has 1 aliphatic rings. The van der Waals surface area contributed by atoms with Crippen molar-refractivity contribution in [1.29, 1.82) is 0 Å². The fraction of sp³-hybridized carbons (Fsp3) is 0.273. The van der Waals surface area contributed by atoms with Crippen LogP contribution in [0.25, 0.3) is 11.0 Å². The molecule has 10 nitrogen and oxygen atoms in total. The lowest BCUT2D eigenvalue weighted by Crippen LogP contribution is -2.53. The smallest absolute Gasteiger partial charge is 0.257 e. The average molecular weight is 500 g/mol. The number of carboxylic acids is 1. The first-order chi connectivity index (χ1) is 16.3. The molecule has 3 heterocycles. The van der Waals surface area contributed by atoms with Crippen LogP contribution >= 0.6 is 23.8 Å². The molecule has 2 aromatic heterocycles. The minimum Gasteiger partial charge on any atom is -0.545 e. The Morgan fingerprint density at radius 3 is 2.47 bits per heavy atom. The molecular formula is C22H20ClN6O4S-. The zero-order valence-corrected chi connectivity index (χ0v) is 19.7. The van der Waals surface area contributed by atoms with Crippen molar-refractivity contribution < 1.29 is 14.7 Å². The molecule has 0 atom stereocenters. The number of rotatable bonds is 4. The summed E-state index contributed by atoms with van der Waals surface area (Å²) < 4.78 is 1.59. The van der Waals surface area contributed by atoms with E-state index in [2.05, 4.69) is 15.3 Å². The minimum absolute atomic E-state index is 0.122. The molecule has 1 aliphatic heterocycles. The molecule has 34 heavy (non-hydrogen) atoms. The molecule has 1 amide bonds. The second-order valence-electron chi connectivity index (χ2n) is 7.59. The Morgan fingerprint density at radius 1 is 1.18 bits per heavy atom. The first-order valence-corrected chi connectivity index (χ1v) is 11.3. The fourth-order valence-electron chi connectivity index (χ4n) is 3.66. The van der Waals surface area contributed by atoms with Gasteiger partial charge in [-0.05, 0) is 43.4 Å². The van der Waals surface area contributed by atoms with E-state index in [-0.39, 0.29) is 11.3 Å². The number of hydrogen-bond donors (Lipinski definition) is 1. The highest BCUT2D eigenvalue weighted by atomic mass is 35.5. The normalized spacial score (nSPS) is 13.7. The van der Waals surface area contributed by atoms with Gasteiger partial charge in [-0.25, -0.2) is 4.98 Å². The predicted molar refractivity (Wildman–Crippen MR) is 129 cm³/mol. The molecule has 0 aliphatic carbocycles. The molecule has 0 radical (unpaired) electrons. The molecule has 1 fully saturated rings. The van der Waals surface area contributed by atoms with E-state index in [0.29, 0.717) is 60.0 Å². The molecule has 1 aromatic carbocycles. The summed E-state index contributed by atoms with van der Waals surface area (Å²) >= 11 is 11.3. The maximum absolute atomic E-state index is 12.5. The predicted octanol–water partition coefficient (Wildman–Crippen LogP) is 0.665. The lowest BCUT2D eigenvalue weighted by molar-refractivity contribution is -0.255. The molecule has 0 saturated carbocycles. The van der Waals surface area contributed by atoms with Gasteiger partial charge in [-0.15, -0.1) is 0 Å². The van der Waals surface area contributed by atoms with E-state index >= 15 is 0 Å². The molecule has 0 bridgehead atoms. The lowest BCUT2D eigenvalue weighted by Gasteiger charge is -2.36. The number of aryl methyl sites for hydroxylation is 1. The Balaban J connectivity index is 1.46. The van der Waals surface area contributed by atoms with Crippen molar-refractivity contribution in [3.05, 3.63) is 63.0 Å². The third-order valence-electron chi connectivity index (χ3n) is 5.54. The van der Waals surface area contributed by atoms with E-state index < -0.39 is 17.0 Å². The van der Waals surface area contributed by atoms with E-state index in [0.717, 1.165) is 0 Å². The molecule has 176 valence electrons. The summed E-state index contributed by atoms with van der Waals surface area (Å²) in [6.45, 7) is 4.38. The maximum Gasteiger partial charge on any atom is 0.257 e. The van der Waals surface area contributed by atoms with E-state index in [4.69, 9.17) is 23.8 Å². The number of carboxylic acid groups (broad SMARTS) is 1. The highest BCUT2D eigenvalue weighted by Gasteiger charge is 2.23. The Morgan fingerprint density at radius 2 is 1.85 bits per heavy atom. The second-order valence-corrected chi connectivity index (χ2v) is 8.42. The number of benzene rings is 1. The Labute approximate surface area is 204 Å².